The number of rotatable bonds is 10. The molecule has 0 amide bonds. The van der Waals surface area contributed by atoms with Gasteiger partial charge in [0.2, 0.25) is 0 Å². The Balaban J connectivity index is 1.32. The number of likely N-dealkylation sites (N-methyl/N-ethyl adjacent to an activating group) is 1. The average Bonchev–Trinajstić information content (AvgIpc) is 3.34. The van der Waals surface area contributed by atoms with Gasteiger partial charge in [-0.25, -0.2) is 0 Å². The van der Waals surface area contributed by atoms with Gasteiger partial charge in [0.1, 0.15) is 12.0 Å². The van der Waals surface area contributed by atoms with Gasteiger partial charge in [-0.3, -0.25) is 4.79 Å². The molecule has 2 saturated heterocycles. The number of fused-ring (bicyclic) bond motifs is 1. The molecule has 2 aliphatic rings. The van der Waals surface area contributed by atoms with Crippen LogP contribution in [0.1, 0.15) is 42.1 Å². The maximum Gasteiger partial charge on any atom is 0.150 e. The molecule has 2 heterocycles. The maximum absolute atomic E-state index is 11.4. The number of aldehydes is 1. The van der Waals surface area contributed by atoms with E-state index in [0.29, 0.717) is 6.04 Å². The van der Waals surface area contributed by atoms with Crippen molar-refractivity contribution >= 4 is 17.7 Å². The van der Waals surface area contributed by atoms with E-state index in [2.05, 4.69) is 53.4 Å². The second-order valence-corrected chi connectivity index (χ2v) is 8.93. The van der Waals surface area contributed by atoms with E-state index >= 15 is 0 Å². The zero-order valence-corrected chi connectivity index (χ0v) is 18.8. The Morgan fingerprint density at radius 1 is 1.16 bits per heavy atom. The van der Waals surface area contributed by atoms with E-state index in [1.165, 1.54) is 31.7 Å². The van der Waals surface area contributed by atoms with E-state index in [1.807, 2.05) is 18.2 Å². The number of likely N-dealkylation sites (tertiary alicyclic amines) is 1. The summed E-state index contributed by atoms with van der Waals surface area (Å²) in [5.41, 5.74) is 4.21. The monoisotopic (exact) mass is 421 g/mol. The van der Waals surface area contributed by atoms with Crippen LogP contribution in [-0.2, 0) is 6.42 Å². The normalized spacial score (nSPS) is 20.6. The van der Waals surface area contributed by atoms with Gasteiger partial charge >= 0.3 is 0 Å². The first kappa shape index (κ1) is 21.7. The molecule has 31 heavy (non-hydrogen) atoms. The third kappa shape index (κ3) is 5.21. The number of nitrogens with zero attached hydrogens (tertiary/aromatic N) is 2. The Hall–Kier alpha value is -2.53. The van der Waals surface area contributed by atoms with Crippen molar-refractivity contribution in [3.63, 3.8) is 0 Å². The van der Waals surface area contributed by atoms with Crippen molar-refractivity contribution in [3.8, 4) is 5.75 Å². The third-order valence-electron chi connectivity index (χ3n) is 6.66. The summed E-state index contributed by atoms with van der Waals surface area (Å²) in [5.74, 6) is 1.66. The molecule has 2 aromatic carbocycles. The molecule has 0 saturated carbocycles. The molecule has 0 spiro atoms. The lowest BCUT2D eigenvalue weighted by atomic mass is 10.0. The highest BCUT2D eigenvalue weighted by Crippen LogP contribution is 2.34. The van der Waals surface area contributed by atoms with Crippen LogP contribution in [0.4, 0.5) is 11.4 Å². The number of hydrogen-bond acceptors (Lipinski definition) is 5. The molecule has 2 aromatic rings. The molecule has 0 radical (unpaired) electrons. The number of carbonyl (C=O) groups excluding carboxylic acids is 1. The van der Waals surface area contributed by atoms with Crippen molar-refractivity contribution in [3.05, 3.63) is 53.6 Å². The molecular weight excluding hydrogens is 386 g/mol. The Morgan fingerprint density at radius 2 is 2.00 bits per heavy atom. The summed E-state index contributed by atoms with van der Waals surface area (Å²) in [6.45, 7) is 7.21. The lowest BCUT2D eigenvalue weighted by Gasteiger charge is -2.26. The molecule has 5 heteroatoms. The number of benzene rings is 2. The van der Waals surface area contributed by atoms with Crippen LogP contribution in [0.3, 0.4) is 0 Å². The smallest absolute Gasteiger partial charge is 0.150 e. The van der Waals surface area contributed by atoms with Gasteiger partial charge < -0.3 is 19.9 Å². The van der Waals surface area contributed by atoms with Crippen molar-refractivity contribution in [2.24, 2.45) is 5.92 Å². The van der Waals surface area contributed by atoms with Crippen LogP contribution in [0.15, 0.2) is 42.5 Å². The van der Waals surface area contributed by atoms with Crippen molar-refractivity contribution in [2.45, 2.75) is 38.6 Å². The zero-order chi connectivity index (χ0) is 21.6. The molecule has 2 aliphatic heterocycles. The van der Waals surface area contributed by atoms with E-state index in [9.17, 15) is 4.79 Å². The number of hydrogen-bond donors (Lipinski definition) is 1. The van der Waals surface area contributed by atoms with Crippen LogP contribution in [0.25, 0.3) is 0 Å². The highest BCUT2D eigenvalue weighted by molar-refractivity contribution is 5.77. The largest absolute Gasteiger partial charge is 0.494 e. The van der Waals surface area contributed by atoms with Crippen LogP contribution in [0, 0.1) is 5.92 Å². The van der Waals surface area contributed by atoms with E-state index in [-0.39, 0.29) is 0 Å². The number of nitrogens with one attached hydrogen (secondary N) is 1. The van der Waals surface area contributed by atoms with Crippen LogP contribution in [0.5, 0.6) is 5.75 Å². The van der Waals surface area contributed by atoms with Crippen molar-refractivity contribution in [2.75, 3.05) is 50.1 Å². The fraction of sp³-hybridized carbons (Fsp3) is 0.500. The molecule has 0 bridgehead atoms. The molecular formula is C26H35N3O2. The van der Waals surface area contributed by atoms with Gasteiger partial charge in [0.05, 0.1) is 6.61 Å². The second-order valence-electron chi connectivity index (χ2n) is 8.93. The molecule has 166 valence electrons. The summed E-state index contributed by atoms with van der Waals surface area (Å²) in [6, 6.07) is 15.2. The second kappa shape index (κ2) is 10.2. The first-order valence-corrected chi connectivity index (χ1v) is 11.7. The van der Waals surface area contributed by atoms with Gasteiger partial charge in [0, 0.05) is 49.2 Å². The Morgan fingerprint density at radius 3 is 2.77 bits per heavy atom. The average molecular weight is 422 g/mol. The summed E-state index contributed by atoms with van der Waals surface area (Å²) in [5, 5.41) is 3.50. The summed E-state index contributed by atoms with van der Waals surface area (Å²) in [7, 11) is 2.23. The summed E-state index contributed by atoms with van der Waals surface area (Å²) < 4.78 is 5.81. The van der Waals surface area contributed by atoms with Crippen molar-refractivity contribution < 1.29 is 9.53 Å². The SMILES string of the molecule is CCCCOc1ccc(C=O)c(CCNc2ccc(N3CCC4CN(C)CC43)cc2)c1. The number of carbonyl (C=O) groups is 1. The molecule has 1 N–H and O–H groups in total. The lowest BCUT2D eigenvalue weighted by molar-refractivity contribution is 0.112. The Labute approximate surface area is 186 Å². The minimum Gasteiger partial charge on any atom is -0.494 e. The fourth-order valence-electron chi connectivity index (χ4n) is 4.94. The quantitative estimate of drug-likeness (QED) is 0.453. The zero-order valence-electron chi connectivity index (χ0n) is 18.8. The predicted octanol–water partition coefficient (Wildman–Crippen LogP) is 4.47. The number of unbranched alkanes of at least 4 members (excludes halogenated alkanes) is 1. The summed E-state index contributed by atoms with van der Waals surface area (Å²) >= 11 is 0. The predicted molar refractivity (Wildman–Crippen MR) is 128 cm³/mol. The summed E-state index contributed by atoms with van der Waals surface area (Å²) in [6.07, 6.45) is 5.16. The Bertz CT molecular complexity index is 867. The molecule has 2 atom stereocenters. The first-order chi connectivity index (χ1) is 15.2. The minimum absolute atomic E-state index is 0.664. The highest BCUT2D eigenvalue weighted by Gasteiger charge is 2.39. The number of anilines is 2. The number of ether oxygens (including phenoxy) is 1. The molecule has 2 fully saturated rings. The fourth-order valence-corrected chi connectivity index (χ4v) is 4.94. The van der Waals surface area contributed by atoms with Gasteiger partial charge in [-0.15, -0.1) is 0 Å². The van der Waals surface area contributed by atoms with E-state index in [0.717, 1.165) is 67.2 Å². The van der Waals surface area contributed by atoms with Crippen molar-refractivity contribution in [1.82, 2.24) is 4.90 Å². The molecule has 5 nitrogen and oxygen atoms in total. The lowest BCUT2D eigenvalue weighted by Crippen LogP contribution is -2.34. The minimum atomic E-state index is 0.664. The van der Waals surface area contributed by atoms with Crippen LogP contribution < -0.4 is 15.0 Å². The molecule has 2 unspecified atom stereocenters. The van der Waals surface area contributed by atoms with Gasteiger partial charge in [0.15, 0.2) is 0 Å². The first-order valence-electron chi connectivity index (χ1n) is 11.7. The van der Waals surface area contributed by atoms with Crippen LogP contribution in [-0.4, -0.2) is 57.1 Å². The standard InChI is InChI=1S/C26H35N3O2/c1-3-4-15-31-25-10-5-22(19-30)20(16-25)11-13-27-23-6-8-24(9-7-23)29-14-12-21-17-28(2)18-26(21)29/h5-10,16,19,21,26-27H,3-4,11-15,17-18H2,1-2H3. The summed E-state index contributed by atoms with van der Waals surface area (Å²) in [4.78, 5) is 16.5. The van der Waals surface area contributed by atoms with Gasteiger partial charge in [-0.2, -0.15) is 0 Å². The third-order valence-corrected chi connectivity index (χ3v) is 6.66. The Kier molecular flexibility index (Phi) is 7.13. The van der Waals surface area contributed by atoms with E-state index in [4.69, 9.17) is 4.74 Å². The van der Waals surface area contributed by atoms with Crippen LogP contribution >= 0.6 is 0 Å². The molecule has 4 rings (SSSR count). The topological polar surface area (TPSA) is 44.8 Å². The maximum atomic E-state index is 11.4. The molecule has 0 aliphatic carbocycles. The molecule has 0 aromatic heterocycles. The van der Waals surface area contributed by atoms with Gasteiger partial charge in [-0.05, 0) is 80.3 Å². The van der Waals surface area contributed by atoms with E-state index < -0.39 is 0 Å². The van der Waals surface area contributed by atoms with Crippen LogP contribution in [0.2, 0.25) is 0 Å². The van der Waals surface area contributed by atoms with Gasteiger partial charge in [0.25, 0.3) is 0 Å². The van der Waals surface area contributed by atoms with Crippen molar-refractivity contribution in [1.29, 1.82) is 0 Å². The van der Waals surface area contributed by atoms with E-state index in [1.54, 1.807) is 0 Å². The van der Waals surface area contributed by atoms with Gasteiger partial charge in [-0.1, -0.05) is 13.3 Å². The highest BCUT2D eigenvalue weighted by atomic mass is 16.5.